The van der Waals surface area contributed by atoms with Gasteiger partial charge >= 0.3 is 6.09 Å². The van der Waals surface area contributed by atoms with E-state index in [0.29, 0.717) is 22.6 Å². The van der Waals surface area contributed by atoms with E-state index in [1.807, 2.05) is 48.5 Å². The van der Waals surface area contributed by atoms with Gasteiger partial charge in [0.25, 0.3) is 5.91 Å². The van der Waals surface area contributed by atoms with Gasteiger partial charge in [-0.3, -0.25) is 4.79 Å². The molecule has 8 nitrogen and oxygen atoms in total. The minimum Gasteiger partial charge on any atom is -0.445 e. The van der Waals surface area contributed by atoms with Crippen molar-refractivity contribution in [3.8, 4) is 5.75 Å². The number of hydroxylamine groups is 1. The maximum absolute atomic E-state index is 12.8. The van der Waals surface area contributed by atoms with Crippen LogP contribution in [-0.2, 0) is 15.1 Å². The summed E-state index contributed by atoms with van der Waals surface area (Å²) in [5.74, 6) is 0.234. The van der Waals surface area contributed by atoms with Crippen molar-refractivity contribution in [1.29, 1.82) is 0 Å². The number of hydrogen-bond donors (Lipinski definition) is 4. The van der Waals surface area contributed by atoms with Gasteiger partial charge in [0.05, 0.1) is 6.04 Å². The highest BCUT2D eigenvalue weighted by atomic mass is 16.7. The quantitative estimate of drug-likeness (QED) is 0.0974. The normalized spacial score (nSPS) is 16.6. The van der Waals surface area contributed by atoms with E-state index in [9.17, 15) is 14.7 Å². The molecule has 0 heterocycles. The molecule has 4 rings (SSSR count). The molecule has 0 bridgehead atoms. The zero-order valence-corrected chi connectivity index (χ0v) is 26.8. The third-order valence-corrected chi connectivity index (χ3v) is 8.78. The fourth-order valence-corrected chi connectivity index (χ4v) is 6.16. The van der Waals surface area contributed by atoms with Crippen molar-refractivity contribution in [1.82, 2.24) is 10.8 Å². The summed E-state index contributed by atoms with van der Waals surface area (Å²) in [7, 11) is 0. The first-order chi connectivity index (χ1) is 22.4. The summed E-state index contributed by atoms with van der Waals surface area (Å²) in [6.45, 7) is 3.73. The van der Waals surface area contributed by atoms with Crippen LogP contribution in [0.5, 0.6) is 5.75 Å². The van der Waals surface area contributed by atoms with Gasteiger partial charge in [-0.25, -0.2) is 4.79 Å². The molecule has 2 amide bonds. The Morgan fingerprint density at radius 2 is 1.46 bits per heavy atom. The number of amides is 2. The van der Waals surface area contributed by atoms with Crippen LogP contribution >= 0.6 is 0 Å². The third kappa shape index (κ3) is 9.68. The molecule has 0 aliphatic heterocycles. The van der Waals surface area contributed by atoms with Gasteiger partial charge in [0.2, 0.25) is 0 Å². The second kappa shape index (κ2) is 18.1. The smallest absolute Gasteiger partial charge is 0.407 e. The van der Waals surface area contributed by atoms with Crippen molar-refractivity contribution in [3.05, 3.63) is 114 Å². The van der Waals surface area contributed by atoms with E-state index >= 15 is 0 Å². The Hall–Kier alpha value is -4.14. The lowest BCUT2D eigenvalue weighted by Crippen LogP contribution is -2.44. The van der Waals surface area contributed by atoms with Crippen LogP contribution in [0.25, 0.3) is 0 Å². The highest BCUT2D eigenvalue weighted by Crippen LogP contribution is 2.42. The molecule has 3 aromatic rings. The van der Waals surface area contributed by atoms with Crippen LogP contribution in [0.15, 0.2) is 91.5 Å². The molecule has 8 heteroatoms. The lowest BCUT2D eigenvalue weighted by molar-refractivity contribution is -0.129. The number of benzene rings is 3. The van der Waals surface area contributed by atoms with E-state index < -0.39 is 23.6 Å². The van der Waals surface area contributed by atoms with Crippen LogP contribution < -0.4 is 21.4 Å². The van der Waals surface area contributed by atoms with Crippen molar-refractivity contribution in [3.63, 3.8) is 0 Å². The van der Waals surface area contributed by atoms with Gasteiger partial charge in [-0.1, -0.05) is 137 Å². The molecule has 5 N–H and O–H groups in total. The number of hydrogen-bond acceptors (Lipinski definition) is 6. The van der Waals surface area contributed by atoms with Gasteiger partial charge in [-0.2, -0.15) is 5.48 Å². The first-order valence-corrected chi connectivity index (χ1v) is 16.6. The molecule has 1 aliphatic carbocycles. The monoisotopic (exact) mass is 627 g/mol. The third-order valence-electron chi connectivity index (χ3n) is 8.78. The van der Waals surface area contributed by atoms with E-state index in [2.05, 4.69) is 29.5 Å². The zero-order chi connectivity index (χ0) is 32.6. The summed E-state index contributed by atoms with van der Waals surface area (Å²) in [5.41, 5.74) is 10.1. The number of para-hydroxylation sites is 1. The van der Waals surface area contributed by atoms with Gasteiger partial charge in [-0.05, 0) is 47.9 Å². The standard InChI is InChI=1S/C38H49N3O5/c1-2-28-45-37(43)40-27-26-34(39)36(42)41-46-35-21-15-14-20-33(35)38(44,31-18-12-9-13-19-31)32-24-22-30(23-25-32)29-16-10-7-5-3-4-6-8-11-17-29/h2,9,12-15,18-25,29,34,44H,1,3-8,10-11,16-17,26-28,39H2,(H,40,43)(H,41,42). The molecular formula is C38H49N3O5. The van der Waals surface area contributed by atoms with E-state index in [1.165, 1.54) is 75.8 Å². The Labute approximate surface area is 273 Å². The topological polar surface area (TPSA) is 123 Å². The summed E-state index contributed by atoms with van der Waals surface area (Å²) >= 11 is 0. The molecule has 1 aliphatic rings. The van der Waals surface area contributed by atoms with Crippen LogP contribution in [0.2, 0.25) is 0 Å². The van der Waals surface area contributed by atoms with Gasteiger partial charge in [-0.15, -0.1) is 0 Å². The molecule has 3 aromatic carbocycles. The van der Waals surface area contributed by atoms with E-state index in [0.717, 1.165) is 0 Å². The summed E-state index contributed by atoms with van der Waals surface area (Å²) in [6.07, 6.45) is 13.8. The predicted molar refractivity (Wildman–Crippen MR) is 181 cm³/mol. The number of carbonyl (C=O) groups is 2. The maximum atomic E-state index is 12.8. The number of nitrogens with two attached hydrogens (primary N) is 1. The van der Waals surface area contributed by atoms with Crippen LogP contribution in [0.3, 0.4) is 0 Å². The molecule has 2 unspecified atom stereocenters. The van der Waals surface area contributed by atoms with Crippen molar-refractivity contribution in [2.24, 2.45) is 5.73 Å². The van der Waals surface area contributed by atoms with Crippen molar-refractivity contribution >= 4 is 12.0 Å². The minimum atomic E-state index is -1.56. The Morgan fingerprint density at radius 1 is 0.870 bits per heavy atom. The van der Waals surface area contributed by atoms with E-state index in [-0.39, 0.29) is 25.3 Å². The summed E-state index contributed by atoms with van der Waals surface area (Å²) < 4.78 is 4.86. The van der Waals surface area contributed by atoms with Crippen LogP contribution in [0, 0.1) is 0 Å². The summed E-state index contributed by atoms with van der Waals surface area (Å²) in [4.78, 5) is 30.2. The second-order valence-electron chi connectivity index (χ2n) is 12.1. The highest BCUT2D eigenvalue weighted by Gasteiger charge is 2.37. The first kappa shape index (κ1) is 34.7. The number of carbonyl (C=O) groups excluding carboxylic acids is 2. The highest BCUT2D eigenvalue weighted by molar-refractivity contribution is 5.80. The van der Waals surface area contributed by atoms with Gasteiger partial charge in [0, 0.05) is 12.1 Å². The second-order valence-corrected chi connectivity index (χ2v) is 12.1. The molecule has 1 saturated carbocycles. The van der Waals surface area contributed by atoms with Gasteiger partial charge in [0.15, 0.2) is 5.75 Å². The zero-order valence-electron chi connectivity index (χ0n) is 26.8. The van der Waals surface area contributed by atoms with Crippen molar-refractivity contribution in [2.75, 3.05) is 13.2 Å². The van der Waals surface area contributed by atoms with Gasteiger partial charge < -0.3 is 25.7 Å². The van der Waals surface area contributed by atoms with Crippen LogP contribution in [0.4, 0.5) is 4.79 Å². The predicted octanol–water partition coefficient (Wildman–Crippen LogP) is 7.01. The Morgan fingerprint density at radius 3 is 2.11 bits per heavy atom. The summed E-state index contributed by atoms with van der Waals surface area (Å²) in [6, 6.07) is 24.0. The fourth-order valence-electron chi connectivity index (χ4n) is 6.16. The van der Waals surface area contributed by atoms with E-state index in [1.54, 1.807) is 18.2 Å². The Kier molecular flexibility index (Phi) is 13.7. The number of ether oxygens (including phenoxy) is 1. The largest absolute Gasteiger partial charge is 0.445 e. The van der Waals surface area contributed by atoms with Gasteiger partial charge in [0.1, 0.15) is 12.2 Å². The van der Waals surface area contributed by atoms with Crippen molar-refractivity contribution in [2.45, 2.75) is 88.2 Å². The molecule has 0 aromatic heterocycles. The molecule has 246 valence electrons. The molecule has 0 radical (unpaired) electrons. The van der Waals surface area contributed by atoms with E-state index in [4.69, 9.17) is 15.3 Å². The SMILES string of the molecule is C=CCOC(=O)NCCC(N)C(=O)NOc1ccccc1C(O)(c1ccccc1)c1ccc(C2CCCCCCCCCC2)cc1. The molecule has 2 atom stereocenters. The molecule has 0 saturated heterocycles. The fraction of sp³-hybridized carbons (Fsp3) is 0.421. The molecule has 46 heavy (non-hydrogen) atoms. The lowest BCUT2D eigenvalue weighted by atomic mass is 9.79. The van der Waals surface area contributed by atoms with Crippen molar-refractivity contribution < 1.29 is 24.3 Å². The number of aliphatic hydroxyl groups is 1. The lowest BCUT2D eigenvalue weighted by Gasteiger charge is -2.32. The number of nitrogens with one attached hydrogen (secondary N) is 2. The molecular weight excluding hydrogens is 578 g/mol. The minimum absolute atomic E-state index is 0.0889. The molecule has 0 spiro atoms. The van der Waals surface area contributed by atoms with Crippen LogP contribution in [0.1, 0.15) is 98.8 Å². The molecule has 1 fully saturated rings. The maximum Gasteiger partial charge on any atom is 0.407 e. The summed E-state index contributed by atoms with van der Waals surface area (Å²) in [5, 5.41) is 15.2. The van der Waals surface area contributed by atoms with Crippen LogP contribution in [-0.4, -0.2) is 36.3 Å². The number of rotatable bonds is 12. The Balaban J connectivity index is 1.52. The first-order valence-electron chi connectivity index (χ1n) is 16.6. The average Bonchev–Trinajstić information content (AvgIpc) is 3.16. The number of alkyl carbamates (subject to hydrolysis) is 1. The Bertz CT molecular complexity index is 1370. The average molecular weight is 628 g/mol.